The summed E-state index contributed by atoms with van der Waals surface area (Å²) >= 11 is 0. The van der Waals surface area contributed by atoms with Crippen LogP contribution in [-0.4, -0.2) is 26.1 Å². The van der Waals surface area contributed by atoms with Gasteiger partial charge in [0.05, 0.1) is 11.8 Å². The van der Waals surface area contributed by atoms with Crippen LogP contribution < -0.4 is 16.8 Å². The van der Waals surface area contributed by atoms with Gasteiger partial charge in [-0.1, -0.05) is 0 Å². The third-order valence-electron chi connectivity index (χ3n) is 2.49. The van der Waals surface area contributed by atoms with Gasteiger partial charge in [0.1, 0.15) is 0 Å². The standard InChI is InChI=1S/C11H13N3O3S/c12-8-3-7(4-9(13)5-8)11(15)14-10-1-2-18(16,17)6-10/h1-5,10H,6,12-13H2,(H,14,15). The summed E-state index contributed by atoms with van der Waals surface area (Å²) in [6, 6.07) is 4.00. The van der Waals surface area contributed by atoms with Crippen LogP contribution in [0.25, 0.3) is 0 Å². The number of sulfone groups is 1. The Hall–Kier alpha value is -2.02. The van der Waals surface area contributed by atoms with Crippen molar-refractivity contribution in [3.63, 3.8) is 0 Å². The predicted molar refractivity (Wildman–Crippen MR) is 69.4 cm³/mol. The molecule has 0 saturated heterocycles. The van der Waals surface area contributed by atoms with Crippen molar-refractivity contribution in [3.05, 3.63) is 35.2 Å². The molecule has 1 aliphatic rings. The molecule has 0 spiro atoms. The molecule has 1 aromatic rings. The number of nitrogens with two attached hydrogens (primary N) is 2. The molecule has 2 rings (SSSR count). The second kappa shape index (κ2) is 4.34. The molecule has 0 fully saturated rings. The lowest BCUT2D eigenvalue weighted by Gasteiger charge is -2.10. The molecular formula is C11H13N3O3S. The summed E-state index contributed by atoms with van der Waals surface area (Å²) in [4.78, 5) is 11.9. The summed E-state index contributed by atoms with van der Waals surface area (Å²) in [6.45, 7) is 0. The molecular weight excluding hydrogens is 254 g/mol. The molecule has 7 heteroatoms. The Morgan fingerprint density at radius 3 is 2.33 bits per heavy atom. The SMILES string of the molecule is Nc1cc(N)cc(C(=O)NC2C=CS(=O)(=O)C2)c1. The Morgan fingerprint density at radius 1 is 1.22 bits per heavy atom. The lowest BCUT2D eigenvalue weighted by molar-refractivity contribution is 0.0948. The number of anilines is 2. The van der Waals surface area contributed by atoms with Crippen molar-refractivity contribution >= 4 is 27.1 Å². The van der Waals surface area contributed by atoms with Crippen LogP contribution in [0.5, 0.6) is 0 Å². The van der Waals surface area contributed by atoms with Gasteiger partial charge in [0.25, 0.3) is 5.91 Å². The third kappa shape index (κ3) is 2.80. The van der Waals surface area contributed by atoms with Gasteiger partial charge >= 0.3 is 0 Å². The highest BCUT2D eigenvalue weighted by atomic mass is 32.2. The molecule has 0 radical (unpaired) electrons. The van der Waals surface area contributed by atoms with Crippen LogP contribution in [0.3, 0.4) is 0 Å². The van der Waals surface area contributed by atoms with E-state index >= 15 is 0 Å². The van der Waals surface area contributed by atoms with Crippen molar-refractivity contribution in [2.75, 3.05) is 17.2 Å². The molecule has 1 unspecified atom stereocenters. The largest absolute Gasteiger partial charge is 0.399 e. The number of rotatable bonds is 2. The number of nitrogen functional groups attached to an aromatic ring is 2. The fourth-order valence-corrected chi connectivity index (χ4v) is 2.96. The van der Waals surface area contributed by atoms with E-state index in [0.29, 0.717) is 16.9 Å². The highest BCUT2D eigenvalue weighted by Crippen LogP contribution is 2.14. The summed E-state index contributed by atoms with van der Waals surface area (Å²) in [5, 5.41) is 3.69. The zero-order chi connectivity index (χ0) is 13.3. The third-order valence-corrected chi connectivity index (χ3v) is 3.88. The van der Waals surface area contributed by atoms with Crippen LogP contribution >= 0.6 is 0 Å². The number of nitrogens with one attached hydrogen (secondary N) is 1. The molecule has 6 nitrogen and oxygen atoms in total. The molecule has 5 N–H and O–H groups in total. The molecule has 0 aliphatic carbocycles. The van der Waals surface area contributed by atoms with E-state index in [0.717, 1.165) is 5.41 Å². The van der Waals surface area contributed by atoms with Crippen LogP contribution in [0.4, 0.5) is 11.4 Å². The van der Waals surface area contributed by atoms with Gasteiger partial charge < -0.3 is 16.8 Å². The fraction of sp³-hybridized carbons (Fsp3) is 0.182. The Morgan fingerprint density at radius 2 is 1.83 bits per heavy atom. The molecule has 0 bridgehead atoms. The molecule has 1 amide bonds. The minimum Gasteiger partial charge on any atom is -0.399 e. The molecule has 1 heterocycles. The topological polar surface area (TPSA) is 115 Å². The summed E-state index contributed by atoms with van der Waals surface area (Å²) in [7, 11) is -3.18. The van der Waals surface area contributed by atoms with Gasteiger partial charge in [0, 0.05) is 22.3 Å². The summed E-state index contributed by atoms with van der Waals surface area (Å²) < 4.78 is 22.4. The normalized spacial score (nSPS) is 20.8. The maximum atomic E-state index is 11.9. The van der Waals surface area contributed by atoms with Crippen molar-refractivity contribution in [2.24, 2.45) is 0 Å². The van der Waals surface area contributed by atoms with Crippen LogP contribution in [0, 0.1) is 0 Å². The van der Waals surface area contributed by atoms with Crippen LogP contribution in [0.2, 0.25) is 0 Å². The Kier molecular flexibility index (Phi) is 3.00. The number of carbonyl (C=O) groups excluding carboxylic acids is 1. The molecule has 96 valence electrons. The number of carbonyl (C=O) groups is 1. The van der Waals surface area contributed by atoms with Gasteiger partial charge in [-0.15, -0.1) is 0 Å². The maximum Gasteiger partial charge on any atom is 0.251 e. The van der Waals surface area contributed by atoms with Crippen LogP contribution in [-0.2, 0) is 9.84 Å². The van der Waals surface area contributed by atoms with Crippen molar-refractivity contribution in [1.29, 1.82) is 0 Å². The maximum absolute atomic E-state index is 11.9. The molecule has 1 atom stereocenters. The van der Waals surface area contributed by atoms with E-state index in [2.05, 4.69) is 5.32 Å². The van der Waals surface area contributed by atoms with Gasteiger partial charge in [-0.05, 0) is 24.3 Å². The highest BCUT2D eigenvalue weighted by Gasteiger charge is 2.23. The lowest BCUT2D eigenvalue weighted by atomic mass is 10.1. The summed E-state index contributed by atoms with van der Waals surface area (Å²) in [6.07, 6.45) is 1.45. The highest BCUT2D eigenvalue weighted by molar-refractivity contribution is 7.94. The first-order chi connectivity index (χ1) is 8.35. The predicted octanol–water partition coefficient (Wildman–Crippen LogP) is -0.108. The summed E-state index contributed by atoms with van der Waals surface area (Å²) in [5.41, 5.74) is 12.2. The van der Waals surface area contributed by atoms with E-state index in [-0.39, 0.29) is 5.75 Å². The van der Waals surface area contributed by atoms with E-state index in [1.165, 1.54) is 24.3 Å². The second-order valence-corrected chi connectivity index (χ2v) is 6.06. The van der Waals surface area contributed by atoms with Gasteiger partial charge in [-0.25, -0.2) is 8.42 Å². The van der Waals surface area contributed by atoms with E-state index in [1.807, 2.05) is 0 Å². The molecule has 1 aliphatic heterocycles. The quantitative estimate of drug-likeness (QED) is 0.647. The Bertz CT molecular complexity index is 602. The first-order valence-electron chi connectivity index (χ1n) is 5.23. The van der Waals surface area contributed by atoms with Crippen LogP contribution in [0.15, 0.2) is 29.7 Å². The number of benzene rings is 1. The number of hydrogen-bond acceptors (Lipinski definition) is 5. The molecule has 1 aromatic carbocycles. The van der Waals surface area contributed by atoms with E-state index in [9.17, 15) is 13.2 Å². The smallest absolute Gasteiger partial charge is 0.251 e. The second-order valence-electron chi connectivity index (χ2n) is 4.13. The van der Waals surface area contributed by atoms with E-state index < -0.39 is 21.8 Å². The first kappa shape index (κ1) is 12.4. The number of amides is 1. The minimum atomic E-state index is -3.18. The zero-order valence-electron chi connectivity index (χ0n) is 9.46. The average Bonchev–Trinajstić information content (AvgIpc) is 2.56. The summed E-state index contributed by atoms with van der Waals surface area (Å²) in [5.74, 6) is -0.517. The number of hydrogen-bond donors (Lipinski definition) is 3. The van der Waals surface area contributed by atoms with Crippen molar-refractivity contribution in [2.45, 2.75) is 6.04 Å². The Balaban J connectivity index is 2.11. The Labute approximate surface area is 105 Å². The average molecular weight is 267 g/mol. The minimum absolute atomic E-state index is 0.115. The lowest BCUT2D eigenvalue weighted by Crippen LogP contribution is -2.35. The van der Waals surface area contributed by atoms with Gasteiger partial charge in [0.15, 0.2) is 9.84 Å². The molecule has 0 saturated carbocycles. The van der Waals surface area contributed by atoms with Crippen molar-refractivity contribution in [3.8, 4) is 0 Å². The fourth-order valence-electron chi connectivity index (χ4n) is 1.73. The first-order valence-corrected chi connectivity index (χ1v) is 6.95. The van der Waals surface area contributed by atoms with Gasteiger partial charge in [-0.3, -0.25) is 4.79 Å². The van der Waals surface area contributed by atoms with E-state index in [1.54, 1.807) is 0 Å². The monoisotopic (exact) mass is 267 g/mol. The zero-order valence-corrected chi connectivity index (χ0v) is 10.3. The van der Waals surface area contributed by atoms with Gasteiger partial charge in [0.2, 0.25) is 0 Å². The van der Waals surface area contributed by atoms with E-state index in [4.69, 9.17) is 11.5 Å². The van der Waals surface area contributed by atoms with Crippen molar-refractivity contribution in [1.82, 2.24) is 5.32 Å². The molecule has 0 aromatic heterocycles. The van der Waals surface area contributed by atoms with Crippen LogP contribution in [0.1, 0.15) is 10.4 Å². The van der Waals surface area contributed by atoms with Gasteiger partial charge in [-0.2, -0.15) is 0 Å². The molecule has 18 heavy (non-hydrogen) atoms. The van der Waals surface area contributed by atoms with Crippen molar-refractivity contribution < 1.29 is 13.2 Å².